The van der Waals surface area contributed by atoms with Crippen molar-refractivity contribution in [2.45, 2.75) is 25.3 Å². The fraction of sp³-hybridized carbons (Fsp3) is 0.333. The summed E-state index contributed by atoms with van der Waals surface area (Å²) in [6.45, 7) is 1.27. The van der Waals surface area contributed by atoms with Gasteiger partial charge in [0.25, 0.3) is 0 Å². The number of fused-ring (bicyclic) bond motifs is 1. The van der Waals surface area contributed by atoms with Crippen molar-refractivity contribution >= 4 is 27.8 Å². The first-order chi connectivity index (χ1) is 8.38. The Balaban J connectivity index is 2.60. The van der Waals surface area contributed by atoms with Gasteiger partial charge in [0.05, 0.1) is 4.47 Å². The number of aliphatic carboxylic acids is 1. The van der Waals surface area contributed by atoms with E-state index in [1.807, 2.05) is 0 Å². The van der Waals surface area contributed by atoms with Crippen LogP contribution in [0.3, 0.4) is 0 Å². The zero-order chi connectivity index (χ0) is 13.5. The van der Waals surface area contributed by atoms with Gasteiger partial charge >= 0.3 is 5.97 Å². The molecule has 1 aliphatic carbocycles. The maximum atomic E-state index is 13.4. The molecular weight excluding hydrogens is 305 g/mol. The number of amides is 1. The fourth-order valence-corrected chi connectivity index (χ4v) is 2.93. The highest BCUT2D eigenvalue weighted by atomic mass is 79.9. The molecule has 0 aromatic heterocycles. The monoisotopic (exact) mass is 315 g/mol. The van der Waals surface area contributed by atoms with Crippen LogP contribution in [0.15, 0.2) is 16.6 Å². The minimum Gasteiger partial charge on any atom is -0.479 e. The van der Waals surface area contributed by atoms with E-state index in [2.05, 4.69) is 21.2 Å². The van der Waals surface area contributed by atoms with E-state index in [1.165, 1.54) is 19.1 Å². The highest BCUT2D eigenvalue weighted by molar-refractivity contribution is 9.10. The maximum absolute atomic E-state index is 13.4. The summed E-state index contributed by atoms with van der Waals surface area (Å²) in [5, 5.41) is 11.9. The van der Waals surface area contributed by atoms with E-state index in [4.69, 9.17) is 0 Å². The van der Waals surface area contributed by atoms with Gasteiger partial charge in [0.2, 0.25) is 5.91 Å². The van der Waals surface area contributed by atoms with Gasteiger partial charge < -0.3 is 10.4 Å². The highest BCUT2D eigenvalue weighted by Gasteiger charge is 2.47. The van der Waals surface area contributed by atoms with Gasteiger partial charge in [-0.3, -0.25) is 4.79 Å². The third-order valence-corrected chi connectivity index (χ3v) is 4.02. The molecule has 2 N–H and O–H groups in total. The van der Waals surface area contributed by atoms with Crippen LogP contribution in [0, 0.1) is 5.82 Å². The smallest absolute Gasteiger partial charge is 0.334 e. The lowest BCUT2D eigenvalue weighted by Crippen LogP contribution is -2.49. The maximum Gasteiger partial charge on any atom is 0.334 e. The Morgan fingerprint density at radius 3 is 2.72 bits per heavy atom. The Labute approximate surface area is 111 Å². The largest absolute Gasteiger partial charge is 0.479 e. The predicted octanol–water partition coefficient (Wildman–Crippen LogP) is 1.95. The molecule has 0 saturated carbocycles. The van der Waals surface area contributed by atoms with E-state index < -0.39 is 23.2 Å². The van der Waals surface area contributed by atoms with Crippen molar-refractivity contribution in [3.8, 4) is 0 Å². The second-order valence-electron chi connectivity index (χ2n) is 4.28. The van der Waals surface area contributed by atoms with Crippen LogP contribution >= 0.6 is 15.9 Å². The summed E-state index contributed by atoms with van der Waals surface area (Å²) in [6.07, 6.45) is 0.625. The predicted molar refractivity (Wildman–Crippen MR) is 65.6 cm³/mol. The summed E-state index contributed by atoms with van der Waals surface area (Å²) < 4.78 is 13.7. The van der Waals surface area contributed by atoms with Gasteiger partial charge in [-0.2, -0.15) is 0 Å². The number of nitrogens with one attached hydrogen (secondary N) is 1. The lowest BCUT2D eigenvalue weighted by molar-refractivity contribution is -0.147. The molecule has 1 aromatic carbocycles. The summed E-state index contributed by atoms with van der Waals surface area (Å²) in [5.41, 5.74) is -0.401. The van der Waals surface area contributed by atoms with E-state index in [0.717, 1.165) is 0 Å². The van der Waals surface area contributed by atoms with E-state index in [-0.39, 0.29) is 10.9 Å². The number of carboxylic acid groups (broad SMARTS) is 1. The van der Waals surface area contributed by atoms with Gasteiger partial charge in [-0.1, -0.05) is 6.07 Å². The first-order valence-corrected chi connectivity index (χ1v) is 6.17. The topological polar surface area (TPSA) is 66.4 Å². The molecule has 0 fully saturated rings. The molecule has 96 valence electrons. The molecule has 1 aliphatic rings. The molecule has 0 saturated heterocycles. The molecule has 1 unspecified atom stereocenters. The van der Waals surface area contributed by atoms with Crippen LogP contribution in [0.1, 0.15) is 24.5 Å². The van der Waals surface area contributed by atoms with Crippen LogP contribution < -0.4 is 5.32 Å². The molecule has 1 atom stereocenters. The van der Waals surface area contributed by atoms with Crippen molar-refractivity contribution in [1.82, 2.24) is 5.32 Å². The van der Waals surface area contributed by atoms with Crippen LogP contribution in [0.2, 0.25) is 0 Å². The molecule has 2 rings (SSSR count). The Kier molecular flexibility index (Phi) is 3.14. The summed E-state index contributed by atoms with van der Waals surface area (Å²) in [5.74, 6) is -1.99. The van der Waals surface area contributed by atoms with Crippen LogP contribution in [0.25, 0.3) is 0 Å². The van der Waals surface area contributed by atoms with Gasteiger partial charge in [0.1, 0.15) is 5.82 Å². The van der Waals surface area contributed by atoms with Gasteiger partial charge in [0.15, 0.2) is 5.54 Å². The normalized spacial score (nSPS) is 21.5. The summed E-state index contributed by atoms with van der Waals surface area (Å²) in [7, 11) is 0. The summed E-state index contributed by atoms with van der Waals surface area (Å²) in [6, 6.07) is 2.63. The second-order valence-corrected chi connectivity index (χ2v) is 5.07. The second kappa shape index (κ2) is 4.35. The zero-order valence-corrected chi connectivity index (χ0v) is 11.2. The number of carbonyl (C=O) groups is 2. The summed E-state index contributed by atoms with van der Waals surface area (Å²) in [4.78, 5) is 22.7. The van der Waals surface area contributed by atoms with E-state index in [1.54, 1.807) is 0 Å². The number of halogens is 2. The first-order valence-electron chi connectivity index (χ1n) is 5.38. The molecule has 1 aromatic rings. The molecule has 0 heterocycles. The molecule has 0 radical (unpaired) electrons. The third kappa shape index (κ3) is 1.80. The molecule has 18 heavy (non-hydrogen) atoms. The minimum atomic E-state index is -1.45. The summed E-state index contributed by atoms with van der Waals surface area (Å²) >= 11 is 3.12. The molecular formula is C12H11BrFNO3. The Hall–Kier alpha value is -1.43. The van der Waals surface area contributed by atoms with Crippen LogP contribution in [0.5, 0.6) is 0 Å². The van der Waals surface area contributed by atoms with E-state index in [0.29, 0.717) is 17.5 Å². The SMILES string of the molecule is CC(=O)NC1(C(=O)O)CCc2c1ccc(F)c2Br. The van der Waals surface area contributed by atoms with Crippen molar-refractivity contribution in [3.63, 3.8) is 0 Å². The van der Waals surface area contributed by atoms with Gasteiger partial charge in [-0.15, -0.1) is 0 Å². The average molecular weight is 316 g/mol. The van der Waals surface area contributed by atoms with Crippen LogP contribution in [0.4, 0.5) is 4.39 Å². The van der Waals surface area contributed by atoms with Gasteiger partial charge in [-0.05, 0) is 46.0 Å². The van der Waals surface area contributed by atoms with Crippen LogP contribution in [-0.2, 0) is 21.5 Å². The number of carbonyl (C=O) groups excluding carboxylic acids is 1. The van der Waals surface area contributed by atoms with Gasteiger partial charge in [0, 0.05) is 6.92 Å². The Morgan fingerprint density at radius 1 is 1.50 bits per heavy atom. The number of benzene rings is 1. The molecule has 0 bridgehead atoms. The standard InChI is InChI=1S/C12H11BrFNO3/c1-6(16)15-12(11(17)18)5-4-7-8(12)2-3-9(14)10(7)13/h2-3H,4-5H2,1H3,(H,15,16)(H,17,18). The van der Waals surface area contributed by atoms with Crippen molar-refractivity contribution in [2.75, 3.05) is 0 Å². The van der Waals surface area contributed by atoms with Crippen molar-refractivity contribution in [3.05, 3.63) is 33.5 Å². The molecule has 6 heteroatoms. The third-order valence-electron chi connectivity index (χ3n) is 3.16. The molecule has 4 nitrogen and oxygen atoms in total. The van der Waals surface area contributed by atoms with Crippen molar-refractivity contribution < 1.29 is 19.1 Å². The van der Waals surface area contributed by atoms with E-state index in [9.17, 15) is 19.1 Å². The highest BCUT2D eigenvalue weighted by Crippen LogP contribution is 2.41. The lowest BCUT2D eigenvalue weighted by atomic mass is 9.91. The minimum absolute atomic E-state index is 0.222. The van der Waals surface area contributed by atoms with Crippen LogP contribution in [-0.4, -0.2) is 17.0 Å². The first kappa shape index (κ1) is 13.0. The van der Waals surface area contributed by atoms with Gasteiger partial charge in [-0.25, -0.2) is 9.18 Å². The number of carboxylic acids is 1. The number of hydrogen-bond acceptors (Lipinski definition) is 2. The van der Waals surface area contributed by atoms with E-state index >= 15 is 0 Å². The Morgan fingerprint density at radius 2 is 2.17 bits per heavy atom. The van der Waals surface area contributed by atoms with Crippen molar-refractivity contribution in [1.29, 1.82) is 0 Å². The lowest BCUT2D eigenvalue weighted by Gasteiger charge is -2.26. The zero-order valence-electron chi connectivity index (χ0n) is 9.59. The van der Waals surface area contributed by atoms with Crippen molar-refractivity contribution in [2.24, 2.45) is 0 Å². The molecule has 1 amide bonds. The number of hydrogen-bond donors (Lipinski definition) is 2. The molecule has 0 spiro atoms. The Bertz CT molecular complexity index is 546. The molecule has 0 aliphatic heterocycles. The quantitative estimate of drug-likeness (QED) is 0.876. The fourth-order valence-electron chi connectivity index (χ4n) is 2.39. The number of rotatable bonds is 2. The average Bonchev–Trinajstić information content (AvgIpc) is 2.64.